The Kier molecular flexibility index (Phi) is 2.95. The molecular weight excluding hydrogens is 203 g/mol. The van der Waals surface area contributed by atoms with E-state index in [1.54, 1.807) is 0 Å². The molecule has 0 radical (unpaired) electrons. The van der Waals surface area contributed by atoms with Crippen LogP contribution in [0.5, 0.6) is 0 Å². The van der Waals surface area contributed by atoms with Crippen LogP contribution < -0.4 is 5.32 Å². The van der Waals surface area contributed by atoms with Gasteiger partial charge in [-0.15, -0.1) is 0 Å². The molecule has 82 valence electrons. The summed E-state index contributed by atoms with van der Waals surface area (Å²) in [5.74, 6) is -3.57. The average molecular weight is 215 g/mol. The van der Waals surface area contributed by atoms with Crippen molar-refractivity contribution in [3.05, 3.63) is 35.1 Å². The lowest BCUT2D eigenvalue weighted by atomic mass is 9.91. The maximum atomic E-state index is 13.4. The lowest BCUT2D eigenvalue weighted by molar-refractivity contribution is 0.411. The summed E-state index contributed by atoms with van der Waals surface area (Å²) in [5, 5.41) is 3.11. The quantitative estimate of drug-likeness (QED) is 0.710. The van der Waals surface area contributed by atoms with Crippen molar-refractivity contribution in [3.8, 4) is 0 Å². The van der Waals surface area contributed by atoms with Gasteiger partial charge in [0.1, 0.15) is 0 Å². The van der Waals surface area contributed by atoms with Gasteiger partial charge in [-0.05, 0) is 36.9 Å². The molecule has 1 aliphatic rings. The third-order valence-corrected chi connectivity index (χ3v) is 2.80. The Morgan fingerprint density at radius 2 is 1.93 bits per heavy atom. The zero-order valence-electron chi connectivity index (χ0n) is 8.19. The van der Waals surface area contributed by atoms with Crippen LogP contribution in [0.25, 0.3) is 0 Å². The normalized spacial score (nSPS) is 21.7. The van der Waals surface area contributed by atoms with Crippen molar-refractivity contribution in [2.24, 2.45) is 0 Å². The molecule has 1 aromatic rings. The van der Waals surface area contributed by atoms with E-state index in [9.17, 15) is 13.2 Å². The molecule has 0 aromatic heterocycles. The molecule has 1 aromatic carbocycles. The minimum absolute atomic E-state index is 0.0474. The Morgan fingerprint density at radius 1 is 1.13 bits per heavy atom. The molecule has 15 heavy (non-hydrogen) atoms. The SMILES string of the molecule is Fc1ccc(C2CCCNC2)c(F)c1F. The Balaban J connectivity index is 2.31. The summed E-state index contributed by atoms with van der Waals surface area (Å²) in [6.07, 6.45) is 1.75. The van der Waals surface area contributed by atoms with Gasteiger partial charge in [-0.1, -0.05) is 6.07 Å². The number of rotatable bonds is 1. The van der Waals surface area contributed by atoms with Gasteiger partial charge in [-0.25, -0.2) is 13.2 Å². The third kappa shape index (κ3) is 2.00. The summed E-state index contributed by atoms with van der Waals surface area (Å²) in [4.78, 5) is 0. The third-order valence-electron chi connectivity index (χ3n) is 2.80. The molecule has 0 bridgehead atoms. The van der Waals surface area contributed by atoms with Gasteiger partial charge in [0, 0.05) is 6.54 Å². The van der Waals surface area contributed by atoms with Crippen LogP contribution in [-0.2, 0) is 0 Å². The molecule has 1 saturated heterocycles. The van der Waals surface area contributed by atoms with Gasteiger partial charge in [-0.2, -0.15) is 0 Å². The summed E-state index contributed by atoms with van der Waals surface area (Å²) in [6, 6.07) is 2.33. The van der Waals surface area contributed by atoms with E-state index < -0.39 is 17.5 Å². The first-order valence-electron chi connectivity index (χ1n) is 5.04. The lowest BCUT2D eigenvalue weighted by Crippen LogP contribution is -2.29. The Bertz CT molecular complexity index is 359. The second kappa shape index (κ2) is 4.23. The number of hydrogen-bond acceptors (Lipinski definition) is 1. The number of halogens is 3. The highest BCUT2D eigenvalue weighted by Crippen LogP contribution is 2.27. The molecule has 0 aliphatic carbocycles. The summed E-state index contributed by atoms with van der Waals surface area (Å²) in [5.41, 5.74) is 0.279. The van der Waals surface area contributed by atoms with E-state index in [2.05, 4.69) is 5.32 Å². The minimum atomic E-state index is -1.36. The molecule has 1 N–H and O–H groups in total. The Labute approximate surface area is 86.3 Å². The molecule has 1 atom stereocenters. The molecule has 1 heterocycles. The fourth-order valence-corrected chi connectivity index (χ4v) is 1.97. The van der Waals surface area contributed by atoms with E-state index in [1.807, 2.05) is 0 Å². The van der Waals surface area contributed by atoms with Crippen molar-refractivity contribution in [1.82, 2.24) is 5.32 Å². The van der Waals surface area contributed by atoms with Crippen LogP contribution in [0.1, 0.15) is 24.3 Å². The first-order chi connectivity index (χ1) is 7.20. The molecular formula is C11H12F3N. The van der Waals surface area contributed by atoms with Crippen LogP contribution in [-0.4, -0.2) is 13.1 Å². The van der Waals surface area contributed by atoms with Crippen molar-refractivity contribution < 1.29 is 13.2 Å². The predicted molar refractivity (Wildman–Crippen MR) is 51.2 cm³/mol. The Hall–Kier alpha value is -1.03. The van der Waals surface area contributed by atoms with Crippen molar-refractivity contribution in [3.63, 3.8) is 0 Å². The summed E-state index contributed by atoms with van der Waals surface area (Å²) >= 11 is 0. The monoisotopic (exact) mass is 215 g/mol. The number of benzene rings is 1. The number of nitrogens with one attached hydrogen (secondary N) is 1. The fraction of sp³-hybridized carbons (Fsp3) is 0.455. The van der Waals surface area contributed by atoms with Crippen molar-refractivity contribution in [2.75, 3.05) is 13.1 Å². The van der Waals surface area contributed by atoms with Gasteiger partial charge in [0.05, 0.1) is 0 Å². The lowest BCUT2D eigenvalue weighted by Gasteiger charge is -2.23. The van der Waals surface area contributed by atoms with Crippen LogP contribution in [0.4, 0.5) is 13.2 Å². The van der Waals surface area contributed by atoms with E-state index in [-0.39, 0.29) is 11.5 Å². The molecule has 1 unspecified atom stereocenters. The maximum absolute atomic E-state index is 13.4. The van der Waals surface area contributed by atoms with Gasteiger partial charge in [0.25, 0.3) is 0 Å². The molecule has 2 rings (SSSR count). The van der Waals surface area contributed by atoms with Gasteiger partial charge in [-0.3, -0.25) is 0 Å². The number of piperidine rings is 1. The minimum Gasteiger partial charge on any atom is -0.316 e. The van der Waals surface area contributed by atoms with Crippen molar-refractivity contribution >= 4 is 0 Å². The van der Waals surface area contributed by atoms with Crippen molar-refractivity contribution in [2.45, 2.75) is 18.8 Å². The van der Waals surface area contributed by atoms with E-state index in [0.29, 0.717) is 6.54 Å². The zero-order chi connectivity index (χ0) is 10.8. The van der Waals surface area contributed by atoms with Crippen molar-refractivity contribution in [1.29, 1.82) is 0 Å². The molecule has 0 saturated carbocycles. The molecule has 0 spiro atoms. The number of hydrogen-bond donors (Lipinski definition) is 1. The maximum Gasteiger partial charge on any atom is 0.194 e. The van der Waals surface area contributed by atoms with Gasteiger partial charge < -0.3 is 5.32 Å². The molecule has 0 amide bonds. The molecule has 4 heteroatoms. The highest BCUT2D eigenvalue weighted by atomic mass is 19.2. The van der Waals surface area contributed by atoms with E-state index >= 15 is 0 Å². The largest absolute Gasteiger partial charge is 0.316 e. The molecule has 1 aliphatic heterocycles. The average Bonchev–Trinajstić information content (AvgIpc) is 2.27. The zero-order valence-corrected chi connectivity index (χ0v) is 8.19. The van der Waals surface area contributed by atoms with Crippen LogP contribution in [0.15, 0.2) is 12.1 Å². The van der Waals surface area contributed by atoms with E-state index in [0.717, 1.165) is 25.5 Å². The molecule has 1 nitrogen and oxygen atoms in total. The van der Waals surface area contributed by atoms with E-state index in [4.69, 9.17) is 0 Å². The highest BCUT2D eigenvalue weighted by Gasteiger charge is 2.22. The second-order valence-corrected chi connectivity index (χ2v) is 3.81. The smallest absolute Gasteiger partial charge is 0.194 e. The topological polar surface area (TPSA) is 12.0 Å². The first-order valence-corrected chi connectivity index (χ1v) is 5.04. The molecule has 1 fully saturated rings. The van der Waals surface area contributed by atoms with Crippen LogP contribution in [0.2, 0.25) is 0 Å². The highest BCUT2D eigenvalue weighted by molar-refractivity contribution is 5.24. The first kappa shape index (κ1) is 10.5. The summed E-state index contributed by atoms with van der Waals surface area (Å²) in [6.45, 7) is 1.53. The van der Waals surface area contributed by atoms with Crippen LogP contribution >= 0.6 is 0 Å². The van der Waals surface area contributed by atoms with Gasteiger partial charge in [0.15, 0.2) is 17.5 Å². The van der Waals surface area contributed by atoms with Gasteiger partial charge in [0.2, 0.25) is 0 Å². The van der Waals surface area contributed by atoms with Crippen LogP contribution in [0, 0.1) is 17.5 Å². The standard InChI is InChI=1S/C11H12F3N/c12-9-4-3-8(10(13)11(9)14)7-2-1-5-15-6-7/h3-4,7,15H,1-2,5-6H2. The predicted octanol–water partition coefficient (Wildman–Crippen LogP) is 2.57. The van der Waals surface area contributed by atoms with Gasteiger partial charge >= 0.3 is 0 Å². The van der Waals surface area contributed by atoms with Crippen LogP contribution in [0.3, 0.4) is 0 Å². The van der Waals surface area contributed by atoms with E-state index in [1.165, 1.54) is 6.07 Å². The second-order valence-electron chi connectivity index (χ2n) is 3.81. The Morgan fingerprint density at radius 3 is 2.60 bits per heavy atom. The summed E-state index contributed by atoms with van der Waals surface area (Å²) < 4.78 is 39.1. The summed E-state index contributed by atoms with van der Waals surface area (Å²) in [7, 11) is 0. The fourth-order valence-electron chi connectivity index (χ4n) is 1.97.